The van der Waals surface area contributed by atoms with Crippen molar-refractivity contribution in [3.63, 3.8) is 0 Å². The molecule has 0 aromatic carbocycles. The largest absolute Gasteiger partial charge is 0.385 e. The van der Waals surface area contributed by atoms with Gasteiger partial charge in [0.05, 0.1) is 0 Å². The average molecular weight is 212 g/mol. The third-order valence-electron chi connectivity index (χ3n) is 3.91. The zero-order valence-corrected chi connectivity index (χ0v) is 9.80. The predicted molar refractivity (Wildman–Crippen MR) is 61.7 cm³/mol. The van der Waals surface area contributed by atoms with Crippen molar-refractivity contribution in [2.45, 2.75) is 38.1 Å². The highest BCUT2D eigenvalue weighted by Crippen LogP contribution is 2.60. The second-order valence-corrected chi connectivity index (χ2v) is 5.31. The monoisotopic (exact) mass is 212 g/mol. The van der Waals surface area contributed by atoms with Gasteiger partial charge in [0.15, 0.2) is 0 Å². The van der Waals surface area contributed by atoms with Gasteiger partial charge in [-0.1, -0.05) is 0 Å². The lowest BCUT2D eigenvalue weighted by molar-refractivity contribution is 0.187. The number of ether oxygens (including phenoxy) is 1. The van der Waals surface area contributed by atoms with Crippen LogP contribution >= 0.6 is 0 Å². The third kappa shape index (κ3) is 3.16. The second kappa shape index (κ2) is 4.81. The Labute approximate surface area is 92.7 Å². The van der Waals surface area contributed by atoms with Gasteiger partial charge in [0, 0.05) is 32.8 Å². The summed E-state index contributed by atoms with van der Waals surface area (Å²) in [5.74, 6) is 1.04. The van der Waals surface area contributed by atoms with Crippen LogP contribution in [-0.4, -0.2) is 32.8 Å². The molecule has 0 aromatic heterocycles. The molecule has 0 amide bonds. The summed E-state index contributed by atoms with van der Waals surface area (Å²) >= 11 is 0. The molecule has 0 aromatic rings. The van der Waals surface area contributed by atoms with Crippen LogP contribution < -0.4 is 11.1 Å². The first kappa shape index (κ1) is 11.4. The average Bonchev–Trinajstić information content (AvgIpc) is 3.04. The van der Waals surface area contributed by atoms with Gasteiger partial charge in [-0.3, -0.25) is 0 Å². The van der Waals surface area contributed by atoms with Gasteiger partial charge in [-0.25, -0.2) is 0 Å². The number of rotatable bonds is 8. The molecule has 15 heavy (non-hydrogen) atoms. The van der Waals surface area contributed by atoms with E-state index in [-0.39, 0.29) is 6.04 Å². The molecule has 0 aliphatic heterocycles. The van der Waals surface area contributed by atoms with Gasteiger partial charge in [-0.15, -0.1) is 0 Å². The summed E-state index contributed by atoms with van der Waals surface area (Å²) in [6.45, 7) is 2.91. The van der Waals surface area contributed by atoms with Crippen LogP contribution in [-0.2, 0) is 4.74 Å². The topological polar surface area (TPSA) is 47.3 Å². The van der Waals surface area contributed by atoms with Crippen LogP contribution in [0.5, 0.6) is 0 Å². The molecule has 1 atom stereocenters. The van der Waals surface area contributed by atoms with E-state index in [9.17, 15) is 0 Å². The number of nitrogens with two attached hydrogens (primary N) is 1. The van der Waals surface area contributed by atoms with Crippen LogP contribution in [0.25, 0.3) is 0 Å². The first-order chi connectivity index (χ1) is 7.27. The van der Waals surface area contributed by atoms with Crippen molar-refractivity contribution < 1.29 is 4.74 Å². The Balaban J connectivity index is 1.54. The Morgan fingerprint density at radius 3 is 2.73 bits per heavy atom. The fraction of sp³-hybridized carbons (Fsp3) is 1.00. The summed E-state index contributed by atoms with van der Waals surface area (Å²) in [5, 5.41) is 3.54. The summed E-state index contributed by atoms with van der Waals surface area (Å²) < 4.78 is 5.01. The van der Waals surface area contributed by atoms with Crippen molar-refractivity contribution in [1.29, 1.82) is 0 Å². The molecule has 0 radical (unpaired) electrons. The van der Waals surface area contributed by atoms with Gasteiger partial charge in [0.1, 0.15) is 0 Å². The number of nitrogens with one attached hydrogen (secondary N) is 1. The van der Waals surface area contributed by atoms with E-state index in [2.05, 4.69) is 5.32 Å². The molecule has 3 nitrogen and oxygen atoms in total. The van der Waals surface area contributed by atoms with E-state index in [0.717, 1.165) is 25.5 Å². The molecule has 3 N–H and O–H groups in total. The minimum absolute atomic E-state index is 0.250. The van der Waals surface area contributed by atoms with E-state index in [1.54, 1.807) is 7.11 Å². The van der Waals surface area contributed by atoms with E-state index >= 15 is 0 Å². The van der Waals surface area contributed by atoms with E-state index < -0.39 is 0 Å². The Morgan fingerprint density at radius 2 is 2.20 bits per heavy atom. The maximum absolute atomic E-state index is 5.96. The first-order valence-corrected chi connectivity index (χ1v) is 6.22. The van der Waals surface area contributed by atoms with Gasteiger partial charge in [0.2, 0.25) is 0 Å². The lowest BCUT2D eigenvalue weighted by atomic mass is 10.0. The molecule has 88 valence electrons. The SMILES string of the molecule is COCCC(N)CNCC1(C2CC2)CC1. The fourth-order valence-corrected chi connectivity index (χ4v) is 2.46. The van der Waals surface area contributed by atoms with Crippen molar-refractivity contribution in [2.75, 3.05) is 26.8 Å². The van der Waals surface area contributed by atoms with Crippen LogP contribution in [0.1, 0.15) is 32.1 Å². The molecule has 2 rings (SSSR count). The van der Waals surface area contributed by atoms with Gasteiger partial charge in [0.25, 0.3) is 0 Å². The van der Waals surface area contributed by atoms with Gasteiger partial charge in [-0.05, 0) is 43.4 Å². The van der Waals surface area contributed by atoms with E-state index in [1.165, 1.54) is 32.2 Å². The molecular formula is C12H24N2O. The van der Waals surface area contributed by atoms with E-state index in [1.807, 2.05) is 0 Å². The Morgan fingerprint density at radius 1 is 1.47 bits per heavy atom. The van der Waals surface area contributed by atoms with E-state index in [0.29, 0.717) is 5.41 Å². The highest BCUT2D eigenvalue weighted by molar-refractivity contribution is 5.05. The predicted octanol–water partition coefficient (Wildman–Crippen LogP) is 1.13. The highest BCUT2D eigenvalue weighted by Gasteiger charge is 2.53. The van der Waals surface area contributed by atoms with Crippen LogP contribution in [0.3, 0.4) is 0 Å². The van der Waals surface area contributed by atoms with Crippen molar-refractivity contribution in [1.82, 2.24) is 5.32 Å². The van der Waals surface area contributed by atoms with Gasteiger partial charge >= 0.3 is 0 Å². The number of hydrogen-bond acceptors (Lipinski definition) is 3. The highest BCUT2D eigenvalue weighted by atomic mass is 16.5. The molecule has 0 bridgehead atoms. The van der Waals surface area contributed by atoms with Crippen LogP contribution in [0, 0.1) is 11.3 Å². The molecule has 3 heteroatoms. The van der Waals surface area contributed by atoms with Crippen molar-refractivity contribution in [3.05, 3.63) is 0 Å². The summed E-state index contributed by atoms with van der Waals surface area (Å²) in [6, 6.07) is 0.250. The Kier molecular flexibility index (Phi) is 3.65. The minimum Gasteiger partial charge on any atom is -0.385 e. The van der Waals surface area contributed by atoms with Crippen LogP contribution in [0.4, 0.5) is 0 Å². The molecule has 0 heterocycles. The first-order valence-electron chi connectivity index (χ1n) is 6.22. The molecule has 2 aliphatic carbocycles. The Hall–Kier alpha value is -0.120. The van der Waals surface area contributed by atoms with Gasteiger partial charge in [-0.2, -0.15) is 0 Å². The van der Waals surface area contributed by atoms with Crippen LogP contribution in [0.15, 0.2) is 0 Å². The van der Waals surface area contributed by atoms with Crippen molar-refractivity contribution in [2.24, 2.45) is 17.1 Å². The normalized spacial score (nSPS) is 25.2. The maximum atomic E-state index is 5.96. The zero-order valence-electron chi connectivity index (χ0n) is 9.80. The van der Waals surface area contributed by atoms with Crippen molar-refractivity contribution in [3.8, 4) is 0 Å². The molecule has 2 saturated carbocycles. The molecule has 0 saturated heterocycles. The summed E-state index contributed by atoms with van der Waals surface area (Å²) in [7, 11) is 1.73. The lowest BCUT2D eigenvalue weighted by Gasteiger charge is -2.17. The summed E-state index contributed by atoms with van der Waals surface area (Å²) in [4.78, 5) is 0. The maximum Gasteiger partial charge on any atom is 0.0477 e. The molecule has 2 fully saturated rings. The second-order valence-electron chi connectivity index (χ2n) is 5.31. The molecule has 1 unspecified atom stereocenters. The van der Waals surface area contributed by atoms with Gasteiger partial charge < -0.3 is 15.8 Å². The zero-order chi connectivity index (χ0) is 10.7. The van der Waals surface area contributed by atoms with E-state index in [4.69, 9.17) is 10.5 Å². The number of hydrogen-bond donors (Lipinski definition) is 2. The standard InChI is InChI=1S/C12H24N2O/c1-15-7-4-11(13)8-14-9-12(5-6-12)10-2-3-10/h10-11,14H,2-9,13H2,1H3. The fourth-order valence-electron chi connectivity index (χ4n) is 2.46. The minimum atomic E-state index is 0.250. The number of methoxy groups -OCH3 is 1. The van der Waals surface area contributed by atoms with Crippen LogP contribution in [0.2, 0.25) is 0 Å². The molecule has 2 aliphatic rings. The third-order valence-corrected chi connectivity index (χ3v) is 3.91. The Bertz CT molecular complexity index is 200. The quantitative estimate of drug-likeness (QED) is 0.634. The molecular weight excluding hydrogens is 188 g/mol. The summed E-state index contributed by atoms with van der Waals surface area (Å²) in [5.41, 5.74) is 6.65. The smallest absolute Gasteiger partial charge is 0.0477 e. The van der Waals surface area contributed by atoms with Crippen molar-refractivity contribution >= 4 is 0 Å². The lowest BCUT2D eigenvalue weighted by Crippen LogP contribution is -2.37. The molecule has 0 spiro atoms. The summed E-state index contributed by atoms with van der Waals surface area (Å²) in [6.07, 6.45) is 6.78.